The number of nitrogens with zero attached hydrogens (tertiary/aromatic N) is 1. The molecule has 0 amide bonds. The van der Waals surface area contributed by atoms with E-state index < -0.39 is 6.04 Å². The zero-order valence-electron chi connectivity index (χ0n) is 10.8. The van der Waals surface area contributed by atoms with E-state index in [1.54, 1.807) is 12.1 Å². The Morgan fingerprint density at radius 3 is 2.37 bits per heavy atom. The summed E-state index contributed by atoms with van der Waals surface area (Å²) in [6.07, 6.45) is 0.878. The van der Waals surface area contributed by atoms with Crippen molar-refractivity contribution in [3.63, 3.8) is 0 Å². The maximum atomic E-state index is 13.0. The fourth-order valence-corrected chi connectivity index (χ4v) is 2.28. The highest BCUT2D eigenvalue weighted by molar-refractivity contribution is 5.81. The van der Waals surface area contributed by atoms with Crippen LogP contribution >= 0.6 is 0 Å². The predicted molar refractivity (Wildman–Crippen MR) is 67.0 cm³/mol. The van der Waals surface area contributed by atoms with Crippen LogP contribution in [0.5, 0.6) is 0 Å². The van der Waals surface area contributed by atoms with E-state index in [4.69, 9.17) is 4.74 Å². The first-order valence-electron chi connectivity index (χ1n) is 6.21. The zero-order valence-corrected chi connectivity index (χ0v) is 10.8. The van der Waals surface area contributed by atoms with Crippen molar-refractivity contribution in [1.82, 2.24) is 4.90 Å². The minimum Gasteiger partial charge on any atom is -0.468 e. The number of methoxy groups -OCH3 is 1. The minimum absolute atomic E-state index is 0.207. The third-order valence-electron chi connectivity index (χ3n) is 3.33. The highest BCUT2D eigenvalue weighted by Gasteiger charge is 2.31. The first-order chi connectivity index (χ1) is 9.11. The molecule has 0 aromatic heterocycles. The number of esters is 1. The van der Waals surface area contributed by atoms with Gasteiger partial charge in [-0.2, -0.15) is 0 Å². The maximum Gasteiger partial charge on any atom is 0.327 e. The molecule has 0 aliphatic carbocycles. The van der Waals surface area contributed by atoms with Crippen molar-refractivity contribution >= 4 is 11.8 Å². The molecule has 0 saturated carbocycles. The summed E-state index contributed by atoms with van der Waals surface area (Å²) in [7, 11) is 1.33. The van der Waals surface area contributed by atoms with Crippen LogP contribution in [0.4, 0.5) is 4.39 Å². The average Bonchev–Trinajstić information content (AvgIpc) is 2.43. The molecule has 0 N–H and O–H groups in total. The lowest BCUT2D eigenvalue weighted by molar-refractivity contribution is -0.148. The number of hydrogen-bond donors (Lipinski definition) is 0. The number of halogens is 1. The Morgan fingerprint density at radius 1 is 1.26 bits per heavy atom. The number of ketones is 1. The Morgan fingerprint density at radius 2 is 1.84 bits per heavy atom. The second-order valence-electron chi connectivity index (χ2n) is 4.55. The van der Waals surface area contributed by atoms with Gasteiger partial charge in [-0.05, 0) is 17.7 Å². The fraction of sp³-hybridized carbons (Fsp3) is 0.429. The second kappa shape index (κ2) is 5.93. The van der Waals surface area contributed by atoms with Crippen LogP contribution in [-0.2, 0) is 14.3 Å². The lowest BCUT2D eigenvalue weighted by Gasteiger charge is -2.32. The van der Waals surface area contributed by atoms with Gasteiger partial charge in [0, 0.05) is 25.9 Å². The number of carbonyl (C=O) groups excluding carboxylic acids is 2. The van der Waals surface area contributed by atoms with E-state index in [9.17, 15) is 14.0 Å². The van der Waals surface area contributed by atoms with Crippen LogP contribution < -0.4 is 0 Å². The molecule has 0 bridgehead atoms. The minimum atomic E-state index is -0.571. The molecule has 4 nitrogen and oxygen atoms in total. The molecule has 0 spiro atoms. The molecule has 1 heterocycles. The molecule has 102 valence electrons. The van der Waals surface area contributed by atoms with Gasteiger partial charge in [0.1, 0.15) is 17.6 Å². The third-order valence-corrected chi connectivity index (χ3v) is 3.33. The Kier molecular flexibility index (Phi) is 4.27. The molecule has 1 aliphatic heterocycles. The molecule has 1 saturated heterocycles. The first-order valence-corrected chi connectivity index (χ1v) is 6.21. The van der Waals surface area contributed by atoms with E-state index in [-0.39, 0.29) is 17.6 Å². The van der Waals surface area contributed by atoms with Crippen molar-refractivity contribution in [1.29, 1.82) is 0 Å². The molecule has 1 atom stereocenters. The van der Waals surface area contributed by atoms with Crippen molar-refractivity contribution < 1.29 is 18.7 Å². The summed E-state index contributed by atoms with van der Waals surface area (Å²) >= 11 is 0. The molecule has 19 heavy (non-hydrogen) atoms. The van der Waals surface area contributed by atoms with Crippen molar-refractivity contribution in [2.24, 2.45) is 0 Å². The standard InChI is InChI=1S/C14H16FNO3/c1-19-14(18)13(10-2-4-11(15)5-3-10)16-8-6-12(17)7-9-16/h2-5,13H,6-9H2,1H3. The van der Waals surface area contributed by atoms with Crippen LogP contribution in [0, 0.1) is 5.82 Å². The highest BCUT2D eigenvalue weighted by Crippen LogP contribution is 2.25. The van der Waals surface area contributed by atoms with Gasteiger partial charge in [0.25, 0.3) is 0 Å². The van der Waals surface area contributed by atoms with Crippen LogP contribution in [0.2, 0.25) is 0 Å². The van der Waals surface area contributed by atoms with Crippen LogP contribution in [0.15, 0.2) is 24.3 Å². The molecule has 0 radical (unpaired) electrons. The third kappa shape index (κ3) is 3.17. The summed E-state index contributed by atoms with van der Waals surface area (Å²) in [4.78, 5) is 25.1. The van der Waals surface area contributed by atoms with Crippen LogP contribution in [0.25, 0.3) is 0 Å². The van der Waals surface area contributed by atoms with E-state index >= 15 is 0 Å². The largest absolute Gasteiger partial charge is 0.468 e. The molecular formula is C14H16FNO3. The lowest BCUT2D eigenvalue weighted by Crippen LogP contribution is -2.40. The van der Waals surface area contributed by atoms with Crippen LogP contribution in [-0.4, -0.2) is 36.9 Å². The summed E-state index contributed by atoms with van der Waals surface area (Å²) in [6.45, 7) is 1.05. The van der Waals surface area contributed by atoms with Gasteiger partial charge in [-0.1, -0.05) is 12.1 Å². The van der Waals surface area contributed by atoms with E-state index in [1.807, 2.05) is 4.90 Å². The highest BCUT2D eigenvalue weighted by atomic mass is 19.1. The molecule has 2 rings (SSSR count). The number of hydrogen-bond acceptors (Lipinski definition) is 4. The van der Waals surface area contributed by atoms with Crippen molar-refractivity contribution in [3.05, 3.63) is 35.6 Å². The number of rotatable bonds is 3. The second-order valence-corrected chi connectivity index (χ2v) is 4.55. The van der Waals surface area contributed by atoms with Gasteiger partial charge in [-0.15, -0.1) is 0 Å². The topological polar surface area (TPSA) is 46.6 Å². The van der Waals surface area contributed by atoms with Crippen molar-refractivity contribution in [3.8, 4) is 0 Å². The average molecular weight is 265 g/mol. The van der Waals surface area contributed by atoms with E-state index in [1.165, 1.54) is 19.2 Å². The van der Waals surface area contributed by atoms with Gasteiger partial charge in [0.2, 0.25) is 0 Å². The molecule has 5 heteroatoms. The van der Waals surface area contributed by atoms with E-state index in [0.717, 1.165) is 0 Å². The summed E-state index contributed by atoms with van der Waals surface area (Å²) in [5, 5.41) is 0. The van der Waals surface area contributed by atoms with Gasteiger partial charge in [0.15, 0.2) is 0 Å². The molecule has 1 unspecified atom stereocenters. The number of piperidine rings is 1. The summed E-state index contributed by atoms with van der Waals surface area (Å²) < 4.78 is 17.8. The summed E-state index contributed by atoms with van der Waals surface area (Å²) in [5.41, 5.74) is 0.683. The normalized spacial score (nSPS) is 18.1. The predicted octanol–water partition coefficient (Wildman–Crippen LogP) is 1.70. The number of benzene rings is 1. The Labute approximate surface area is 111 Å². The molecular weight excluding hydrogens is 249 g/mol. The van der Waals surface area contributed by atoms with Crippen molar-refractivity contribution in [2.75, 3.05) is 20.2 Å². The van der Waals surface area contributed by atoms with E-state index in [2.05, 4.69) is 0 Å². The fourth-order valence-electron chi connectivity index (χ4n) is 2.28. The molecule has 1 aliphatic rings. The SMILES string of the molecule is COC(=O)C(c1ccc(F)cc1)N1CCC(=O)CC1. The van der Waals surface area contributed by atoms with E-state index in [0.29, 0.717) is 31.5 Å². The van der Waals surface area contributed by atoms with Crippen molar-refractivity contribution in [2.45, 2.75) is 18.9 Å². The van der Waals surface area contributed by atoms with Crippen LogP contribution in [0.1, 0.15) is 24.4 Å². The Bertz CT molecular complexity index is 462. The molecule has 1 aromatic carbocycles. The van der Waals surface area contributed by atoms with Gasteiger partial charge in [0.05, 0.1) is 7.11 Å². The first kappa shape index (κ1) is 13.7. The van der Waals surface area contributed by atoms with Gasteiger partial charge >= 0.3 is 5.97 Å². The number of Topliss-reactive ketones (excluding diaryl/α,β-unsaturated/α-hetero) is 1. The lowest BCUT2D eigenvalue weighted by atomic mass is 10.0. The number of ether oxygens (including phenoxy) is 1. The number of likely N-dealkylation sites (tertiary alicyclic amines) is 1. The smallest absolute Gasteiger partial charge is 0.327 e. The quantitative estimate of drug-likeness (QED) is 0.780. The molecule has 1 fully saturated rings. The van der Waals surface area contributed by atoms with Gasteiger partial charge < -0.3 is 4.74 Å². The van der Waals surface area contributed by atoms with Crippen LogP contribution in [0.3, 0.4) is 0 Å². The monoisotopic (exact) mass is 265 g/mol. The summed E-state index contributed by atoms with van der Waals surface area (Å²) in [5.74, 6) is -0.527. The van der Waals surface area contributed by atoms with Gasteiger partial charge in [-0.25, -0.2) is 9.18 Å². The Balaban J connectivity index is 2.23. The maximum absolute atomic E-state index is 13.0. The molecule has 1 aromatic rings. The van der Waals surface area contributed by atoms with Gasteiger partial charge in [-0.3, -0.25) is 9.69 Å². The number of carbonyl (C=O) groups is 2. The summed E-state index contributed by atoms with van der Waals surface area (Å²) in [6, 6.07) is 5.22. The Hall–Kier alpha value is -1.75. The zero-order chi connectivity index (χ0) is 13.8.